The predicted molar refractivity (Wildman–Crippen MR) is 95.6 cm³/mol. The lowest BCUT2D eigenvalue weighted by Crippen LogP contribution is -2.50. The Bertz CT molecular complexity index is 513. The van der Waals surface area contributed by atoms with Gasteiger partial charge in [-0.15, -0.1) is 0 Å². The largest absolute Gasteiger partial charge is 0.352 e. The fourth-order valence-corrected chi connectivity index (χ4v) is 2.88. The highest BCUT2D eigenvalue weighted by Gasteiger charge is 2.20. The summed E-state index contributed by atoms with van der Waals surface area (Å²) in [7, 11) is 0. The average Bonchev–Trinajstić information content (AvgIpc) is 2.49. The van der Waals surface area contributed by atoms with E-state index in [1.54, 1.807) is 0 Å². The molecule has 1 aliphatic rings. The molecule has 1 aliphatic heterocycles. The van der Waals surface area contributed by atoms with Crippen LogP contribution in [0, 0.1) is 5.92 Å². The van der Waals surface area contributed by atoms with Gasteiger partial charge in [0.2, 0.25) is 5.91 Å². The van der Waals surface area contributed by atoms with Crippen molar-refractivity contribution in [3.8, 4) is 0 Å². The van der Waals surface area contributed by atoms with Gasteiger partial charge >= 0.3 is 0 Å². The summed E-state index contributed by atoms with van der Waals surface area (Å²) < 4.78 is 0. The maximum atomic E-state index is 12.1. The van der Waals surface area contributed by atoms with Crippen LogP contribution in [0.2, 0.25) is 5.02 Å². The second kappa shape index (κ2) is 8.67. The average molecular weight is 338 g/mol. The summed E-state index contributed by atoms with van der Waals surface area (Å²) in [6.07, 6.45) is 0. The Morgan fingerprint density at radius 2 is 1.83 bits per heavy atom. The van der Waals surface area contributed by atoms with Gasteiger partial charge in [-0.3, -0.25) is 14.6 Å². The number of nitrogens with zero attached hydrogens (tertiary/aromatic N) is 2. The number of rotatable bonds is 6. The van der Waals surface area contributed by atoms with E-state index in [2.05, 4.69) is 42.0 Å². The molecule has 0 unspecified atom stereocenters. The van der Waals surface area contributed by atoms with Gasteiger partial charge in [-0.2, -0.15) is 0 Å². The van der Waals surface area contributed by atoms with Crippen molar-refractivity contribution in [2.24, 2.45) is 5.92 Å². The molecule has 0 aromatic heterocycles. The number of benzene rings is 1. The van der Waals surface area contributed by atoms with Crippen LogP contribution in [0.3, 0.4) is 0 Å². The number of carbonyl (C=O) groups excluding carboxylic acids is 1. The molecule has 2 rings (SSSR count). The molecule has 23 heavy (non-hydrogen) atoms. The summed E-state index contributed by atoms with van der Waals surface area (Å²) in [5, 5.41) is 3.86. The van der Waals surface area contributed by atoms with Crippen molar-refractivity contribution in [1.82, 2.24) is 15.1 Å². The van der Waals surface area contributed by atoms with E-state index in [1.165, 1.54) is 5.56 Å². The lowest BCUT2D eigenvalue weighted by atomic mass is 10.1. The SMILES string of the molecule is CC(C)[C@@H](C)NC(=O)CN1CCN(Cc2cccc(Cl)c2)CC1. The molecule has 0 radical (unpaired) electrons. The van der Waals surface area contributed by atoms with Crippen molar-refractivity contribution >= 4 is 17.5 Å². The van der Waals surface area contributed by atoms with Gasteiger partial charge in [0.15, 0.2) is 0 Å². The summed E-state index contributed by atoms with van der Waals surface area (Å²) in [6.45, 7) is 11.6. The molecular weight excluding hydrogens is 310 g/mol. The first-order valence-electron chi connectivity index (χ1n) is 8.42. The Balaban J connectivity index is 1.72. The molecule has 1 amide bonds. The van der Waals surface area contributed by atoms with Crippen molar-refractivity contribution in [2.45, 2.75) is 33.4 Å². The molecule has 1 aromatic rings. The van der Waals surface area contributed by atoms with Gasteiger partial charge in [-0.1, -0.05) is 37.6 Å². The zero-order valence-corrected chi connectivity index (χ0v) is 15.1. The molecule has 1 fully saturated rings. The molecule has 0 saturated carbocycles. The van der Waals surface area contributed by atoms with Crippen LogP contribution < -0.4 is 5.32 Å². The van der Waals surface area contributed by atoms with Crippen LogP contribution in [0.5, 0.6) is 0 Å². The highest BCUT2D eigenvalue weighted by Crippen LogP contribution is 2.14. The molecule has 4 nitrogen and oxygen atoms in total. The Kier molecular flexibility index (Phi) is 6.88. The fraction of sp³-hybridized carbons (Fsp3) is 0.611. The van der Waals surface area contributed by atoms with Gasteiger partial charge in [-0.25, -0.2) is 0 Å². The number of carbonyl (C=O) groups is 1. The molecule has 5 heteroatoms. The van der Waals surface area contributed by atoms with E-state index in [9.17, 15) is 4.79 Å². The first kappa shape index (κ1) is 18.2. The lowest BCUT2D eigenvalue weighted by Gasteiger charge is -2.34. The standard InChI is InChI=1S/C18H28ClN3O/c1-14(2)15(3)20-18(23)13-22-9-7-21(8-10-22)12-16-5-4-6-17(19)11-16/h4-6,11,14-15H,7-10,12-13H2,1-3H3,(H,20,23)/t15-/m1/s1. The quantitative estimate of drug-likeness (QED) is 0.866. The molecular formula is C18H28ClN3O. The van der Waals surface area contributed by atoms with Gasteiger partial charge in [0.05, 0.1) is 6.54 Å². The van der Waals surface area contributed by atoms with Crippen LogP contribution in [0.15, 0.2) is 24.3 Å². The first-order chi connectivity index (χ1) is 10.9. The van der Waals surface area contributed by atoms with Gasteiger partial charge in [0.25, 0.3) is 0 Å². The van der Waals surface area contributed by atoms with Gasteiger partial charge in [0, 0.05) is 43.8 Å². The number of halogens is 1. The van der Waals surface area contributed by atoms with E-state index in [1.807, 2.05) is 18.2 Å². The van der Waals surface area contributed by atoms with Crippen molar-refractivity contribution < 1.29 is 4.79 Å². The van der Waals surface area contributed by atoms with Crippen LogP contribution >= 0.6 is 11.6 Å². The molecule has 0 aliphatic carbocycles. The van der Waals surface area contributed by atoms with E-state index < -0.39 is 0 Å². The highest BCUT2D eigenvalue weighted by atomic mass is 35.5. The summed E-state index contributed by atoms with van der Waals surface area (Å²) in [5.74, 6) is 0.600. The maximum absolute atomic E-state index is 12.1. The zero-order valence-electron chi connectivity index (χ0n) is 14.4. The van der Waals surface area contributed by atoms with E-state index in [0.29, 0.717) is 12.5 Å². The van der Waals surface area contributed by atoms with Gasteiger partial charge in [-0.05, 0) is 30.5 Å². The van der Waals surface area contributed by atoms with E-state index in [-0.39, 0.29) is 11.9 Å². The molecule has 1 saturated heterocycles. The van der Waals surface area contributed by atoms with Crippen molar-refractivity contribution in [3.05, 3.63) is 34.9 Å². The Labute approximate surface area is 144 Å². The summed E-state index contributed by atoms with van der Waals surface area (Å²) in [5.41, 5.74) is 1.24. The zero-order chi connectivity index (χ0) is 16.8. The number of hydrogen-bond donors (Lipinski definition) is 1. The number of amides is 1. The molecule has 1 atom stereocenters. The minimum absolute atomic E-state index is 0.134. The third-order valence-corrected chi connectivity index (χ3v) is 4.75. The second-order valence-electron chi connectivity index (χ2n) is 6.78. The predicted octanol–water partition coefficient (Wildman–Crippen LogP) is 2.62. The second-order valence-corrected chi connectivity index (χ2v) is 7.22. The molecule has 1 aromatic carbocycles. The highest BCUT2D eigenvalue weighted by molar-refractivity contribution is 6.30. The van der Waals surface area contributed by atoms with Crippen LogP contribution in [-0.4, -0.2) is 54.5 Å². The first-order valence-corrected chi connectivity index (χ1v) is 8.80. The molecule has 0 spiro atoms. The van der Waals surface area contributed by atoms with Crippen molar-refractivity contribution in [3.63, 3.8) is 0 Å². The van der Waals surface area contributed by atoms with Crippen molar-refractivity contribution in [1.29, 1.82) is 0 Å². The lowest BCUT2D eigenvalue weighted by molar-refractivity contribution is -0.123. The molecule has 0 bridgehead atoms. The smallest absolute Gasteiger partial charge is 0.234 e. The topological polar surface area (TPSA) is 35.6 Å². The number of nitrogens with one attached hydrogen (secondary N) is 1. The third-order valence-electron chi connectivity index (χ3n) is 4.52. The van der Waals surface area contributed by atoms with Crippen LogP contribution in [0.25, 0.3) is 0 Å². The molecule has 1 heterocycles. The molecule has 1 N–H and O–H groups in total. The maximum Gasteiger partial charge on any atom is 0.234 e. The Morgan fingerprint density at radius 3 is 2.43 bits per heavy atom. The monoisotopic (exact) mass is 337 g/mol. The minimum atomic E-state index is 0.134. The normalized spacial score (nSPS) is 18.1. The minimum Gasteiger partial charge on any atom is -0.352 e. The Morgan fingerprint density at radius 1 is 1.17 bits per heavy atom. The van der Waals surface area contributed by atoms with Crippen LogP contribution in [0.1, 0.15) is 26.3 Å². The van der Waals surface area contributed by atoms with E-state index in [0.717, 1.165) is 37.7 Å². The Hall–Kier alpha value is -1.10. The summed E-state index contributed by atoms with van der Waals surface area (Å²) in [4.78, 5) is 16.7. The third kappa shape index (κ3) is 6.13. The molecule has 128 valence electrons. The van der Waals surface area contributed by atoms with E-state index in [4.69, 9.17) is 11.6 Å². The van der Waals surface area contributed by atoms with Crippen LogP contribution in [0.4, 0.5) is 0 Å². The van der Waals surface area contributed by atoms with E-state index >= 15 is 0 Å². The number of piperazine rings is 1. The fourth-order valence-electron chi connectivity index (χ4n) is 2.67. The van der Waals surface area contributed by atoms with Gasteiger partial charge in [0.1, 0.15) is 0 Å². The van der Waals surface area contributed by atoms with Gasteiger partial charge < -0.3 is 5.32 Å². The summed E-state index contributed by atoms with van der Waals surface area (Å²) >= 11 is 6.04. The van der Waals surface area contributed by atoms with Crippen molar-refractivity contribution in [2.75, 3.05) is 32.7 Å². The summed E-state index contributed by atoms with van der Waals surface area (Å²) in [6, 6.07) is 8.26. The van der Waals surface area contributed by atoms with Crippen LogP contribution in [-0.2, 0) is 11.3 Å². The number of hydrogen-bond acceptors (Lipinski definition) is 3.